The van der Waals surface area contributed by atoms with Crippen molar-refractivity contribution in [2.24, 2.45) is 0 Å². The van der Waals surface area contributed by atoms with E-state index < -0.39 is 0 Å². The van der Waals surface area contributed by atoms with Crippen LogP contribution in [0.5, 0.6) is 0 Å². The zero-order valence-corrected chi connectivity index (χ0v) is 12.5. The number of aryl methyl sites for hydroxylation is 1. The van der Waals surface area contributed by atoms with Crippen molar-refractivity contribution in [1.82, 2.24) is 30.0 Å². The molecule has 1 aliphatic rings. The summed E-state index contributed by atoms with van der Waals surface area (Å²) in [5.74, 6) is 1.84. The summed E-state index contributed by atoms with van der Waals surface area (Å²) in [6.45, 7) is 3.76. The maximum atomic E-state index is 4.51. The molecule has 0 aliphatic carbocycles. The highest BCUT2D eigenvalue weighted by Crippen LogP contribution is 2.23. The number of nitrogens with zero attached hydrogens (tertiary/aromatic N) is 8. The predicted molar refractivity (Wildman–Crippen MR) is 82.0 cm³/mol. The standard InChI is InChI=1S/C14H16N8/c1-10-3-4-12(18-16-10)20(2)11-7-21(8-11)14-6-5-13-17-15-9-22(13)19-14/h3-6,9,11H,7-8H2,1-2H3. The van der Waals surface area contributed by atoms with Crippen LogP contribution in [0.2, 0.25) is 0 Å². The van der Waals surface area contributed by atoms with Crippen molar-refractivity contribution < 1.29 is 0 Å². The molecule has 0 N–H and O–H groups in total. The minimum Gasteiger partial charge on any atom is -0.352 e. The van der Waals surface area contributed by atoms with Gasteiger partial charge < -0.3 is 9.80 Å². The van der Waals surface area contributed by atoms with E-state index in [2.05, 4.69) is 42.3 Å². The SMILES string of the molecule is Cc1ccc(N(C)C2CN(c3ccc4nncn4n3)C2)nn1. The van der Waals surface area contributed by atoms with Gasteiger partial charge in [0, 0.05) is 20.1 Å². The summed E-state index contributed by atoms with van der Waals surface area (Å²) < 4.78 is 1.69. The third kappa shape index (κ3) is 2.12. The number of anilines is 2. The van der Waals surface area contributed by atoms with E-state index in [-0.39, 0.29) is 0 Å². The van der Waals surface area contributed by atoms with Gasteiger partial charge >= 0.3 is 0 Å². The molecule has 1 fully saturated rings. The minimum absolute atomic E-state index is 0.412. The molecule has 0 amide bonds. The molecule has 0 radical (unpaired) electrons. The topological polar surface area (TPSA) is 75.3 Å². The summed E-state index contributed by atoms with van der Waals surface area (Å²) in [6, 6.07) is 8.31. The van der Waals surface area contributed by atoms with E-state index >= 15 is 0 Å². The van der Waals surface area contributed by atoms with Crippen molar-refractivity contribution in [3.63, 3.8) is 0 Å². The van der Waals surface area contributed by atoms with Crippen LogP contribution < -0.4 is 9.80 Å². The molecule has 0 unspecified atom stereocenters. The van der Waals surface area contributed by atoms with Crippen LogP contribution in [-0.2, 0) is 0 Å². The third-order valence-electron chi connectivity index (χ3n) is 4.03. The first kappa shape index (κ1) is 12.9. The van der Waals surface area contributed by atoms with Gasteiger partial charge in [0.15, 0.2) is 11.5 Å². The maximum absolute atomic E-state index is 4.51. The van der Waals surface area contributed by atoms with Gasteiger partial charge in [-0.1, -0.05) is 0 Å². The summed E-state index contributed by atoms with van der Waals surface area (Å²) >= 11 is 0. The molecule has 1 aliphatic heterocycles. The fourth-order valence-electron chi connectivity index (χ4n) is 2.54. The molecular weight excluding hydrogens is 280 g/mol. The molecule has 112 valence electrons. The van der Waals surface area contributed by atoms with Gasteiger partial charge in [-0.3, -0.25) is 0 Å². The zero-order valence-electron chi connectivity index (χ0n) is 12.5. The molecule has 0 aromatic carbocycles. The first-order chi connectivity index (χ1) is 10.7. The van der Waals surface area contributed by atoms with E-state index in [1.54, 1.807) is 10.8 Å². The Morgan fingerprint density at radius 2 is 1.95 bits per heavy atom. The molecule has 1 saturated heterocycles. The van der Waals surface area contributed by atoms with Gasteiger partial charge in [-0.25, -0.2) is 0 Å². The maximum Gasteiger partial charge on any atom is 0.177 e. The highest BCUT2D eigenvalue weighted by molar-refractivity contribution is 5.50. The van der Waals surface area contributed by atoms with Crippen molar-refractivity contribution in [2.45, 2.75) is 13.0 Å². The second-order valence-electron chi connectivity index (χ2n) is 5.53. The van der Waals surface area contributed by atoms with Crippen LogP contribution in [0.25, 0.3) is 5.65 Å². The lowest BCUT2D eigenvalue weighted by Crippen LogP contribution is -2.59. The highest BCUT2D eigenvalue weighted by atomic mass is 15.4. The van der Waals surface area contributed by atoms with Gasteiger partial charge in [0.2, 0.25) is 0 Å². The highest BCUT2D eigenvalue weighted by Gasteiger charge is 2.32. The van der Waals surface area contributed by atoms with E-state index in [9.17, 15) is 0 Å². The summed E-state index contributed by atoms with van der Waals surface area (Å²) in [5, 5.41) is 20.7. The van der Waals surface area contributed by atoms with E-state index in [1.807, 2.05) is 31.2 Å². The number of aromatic nitrogens is 6. The van der Waals surface area contributed by atoms with E-state index in [0.717, 1.165) is 36.1 Å². The first-order valence-electron chi connectivity index (χ1n) is 7.16. The van der Waals surface area contributed by atoms with Crippen molar-refractivity contribution in [3.05, 3.63) is 36.3 Å². The summed E-state index contributed by atoms with van der Waals surface area (Å²) in [7, 11) is 2.05. The zero-order chi connectivity index (χ0) is 15.1. The van der Waals surface area contributed by atoms with Crippen LogP contribution >= 0.6 is 0 Å². The Kier molecular flexibility index (Phi) is 2.88. The van der Waals surface area contributed by atoms with Crippen molar-refractivity contribution in [2.75, 3.05) is 29.9 Å². The first-order valence-corrected chi connectivity index (χ1v) is 7.16. The summed E-state index contributed by atoms with van der Waals surface area (Å²) in [6.07, 6.45) is 1.62. The lowest BCUT2D eigenvalue weighted by atomic mass is 10.1. The molecule has 8 heteroatoms. The Morgan fingerprint density at radius 1 is 1.09 bits per heavy atom. The molecule has 0 atom stereocenters. The number of fused-ring (bicyclic) bond motifs is 1. The normalized spacial score (nSPS) is 15.1. The fourth-order valence-corrected chi connectivity index (χ4v) is 2.54. The second kappa shape index (κ2) is 4.90. The molecular formula is C14H16N8. The average Bonchev–Trinajstić information content (AvgIpc) is 2.94. The largest absolute Gasteiger partial charge is 0.352 e. The average molecular weight is 296 g/mol. The number of hydrogen-bond donors (Lipinski definition) is 0. The number of hydrogen-bond acceptors (Lipinski definition) is 7. The van der Waals surface area contributed by atoms with Crippen molar-refractivity contribution in [3.8, 4) is 0 Å². The van der Waals surface area contributed by atoms with E-state index in [4.69, 9.17) is 0 Å². The Labute approximate surface area is 127 Å². The number of likely N-dealkylation sites (N-methyl/N-ethyl adjacent to an activating group) is 1. The van der Waals surface area contributed by atoms with Crippen LogP contribution in [-0.4, -0.2) is 56.2 Å². The second-order valence-corrected chi connectivity index (χ2v) is 5.53. The van der Waals surface area contributed by atoms with Gasteiger partial charge in [-0.2, -0.15) is 9.61 Å². The van der Waals surface area contributed by atoms with Crippen LogP contribution in [0.15, 0.2) is 30.6 Å². The van der Waals surface area contributed by atoms with Gasteiger partial charge in [0.1, 0.15) is 12.1 Å². The smallest absolute Gasteiger partial charge is 0.177 e. The van der Waals surface area contributed by atoms with E-state index in [1.165, 1.54) is 0 Å². The Balaban J connectivity index is 1.45. The molecule has 4 rings (SSSR count). The summed E-state index contributed by atoms with van der Waals surface area (Å²) in [4.78, 5) is 4.39. The monoisotopic (exact) mass is 296 g/mol. The van der Waals surface area contributed by atoms with Crippen molar-refractivity contribution in [1.29, 1.82) is 0 Å². The van der Waals surface area contributed by atoms with Gasteiger partial charge in [0.05, 0.1) is 11.7 Å². The van der Waals surface area contributed by atoms with E-state index in [0.29, 0.717) is 6.04 Å². The van der Waals surface area contributed by atoms with Crippen molar-refractivity contribution >= 4 is 17.3 Å². The van der Waals surface area contributed by atoms with Gasteiger partial charge in [-0.15, -0.1) is 20.4 Å². The lowest BCUT2D eigenvalue weighted by Gasteiger charge is -2.44. The molecule has 3 aromatic heterocycles. The van der Waals surface area contributed by atoms with Crippen LogP contribution in [0.3, 0.4) is 0 Å². The van der Waals surface area contributed by atoms with Gasteiger partial charge in [-0.05, 0) is 31.2 Å². The minimum atomic E-state index is 0.412. The molecule has 22 heavy (non-hydrogen) atoms. The molecule has 3 aromatic rings. The fraction of sp³-hybridized carbons (Fsp3) is 0.357. The molecule has 0 saturated carbocycles. The number of rotatable bonds is 3. The van der Waals surface area contributed by atoms with Gasteiger partial charge in [0.25, 0.3) is 0 Å². The summed E-state index contributed by atoms with van der Waals surface area (Å²) in [5.41, 5.74) is 1.69. The Morgan fingerprint density at radius 3 is 2.73 bits per heavy atom. The molecule has 0 spiro atoms. The quantitative estimate of drug-likeness (QED) is 0.698. The predicted octanol–water partition coefficient (Wildman–Crippen LogP) is 0.548. The van der Waals surface area contributed by atoms with Crippen LogP contribution in [0.4, 0.5) is 11.6 Å². The molecule has 8 nitrogen and oxygen atoms in total. The van der Waals surface area contributed by atoms with Crippen LogP contribution in [0, 0.1) is 6.92 Å². The Hall–Kier alpha value is -2.77. The van der Waals surface area contributed by atoms with Crippen LogP contribution in [0.1, 0.15) is 5.69 Å². The lowest BCUT2D eigenvalue weighted by molar-refractivity contribution is 0.486. The third-order valence-corrected chi connectivity index (χ3v) is 4.03. The Bertz CT molecular complexity index is 790. The molecule has 0 bridgehead atoms. The molecule has 4 heterocycles.